The molecule has 0 fully saturated rings. The van der Waals surface area contributed by atoms with E-state index in [1.807, 2.05) is 29.2 Å². The molecule has 0 unspecified atom stereocenters. The Bertz CT molecular complexity index is 713. The van der Waals surface area contributed by atoms with Crippen molar-refractivity contribution in [1.29, 1.82) is 0 Å². The van der Waals surface area contributed by atoms with E-state index in [0.29, 0.717) is 6.54 Å². The molecule has 1 N–H and O–H groups in total. The van der Waals surface area contributed by atoms with E-state index in [4.69, 9.17) is 12.2 Å². The minimum absolute atomic E-state index is 0.0237. The summed E-state index contributed by atoms with van der Waals surface area (Å²) in [4.78, 5) is 1.83. The van der Waals surface area contributed by atoms with Gasteiger partial charge in [0.25, 0.3) is 0 Å². The Labute approximate surface area is 131 Å². The first kappa shape index (κ1) is 14.8. The zero-order valence-corrected chi connectivity index (χ0v) is 12.3. The van der Waals surface area contributed by atoms with Crippen LogP contribution in [0.4, 0.5) is 24.5 Å². The van der Waals surface area contributed by atoms with Crippen LogP contribution < -0.4 is 10.2 Å². The van der Waals surface area contributed by atoms with E-state index >= 15 is 0 Å². The zero-order valence-electron chi connectivity index (χ0n) is 11.5. The zero-order chi connectivity index (χ0) is 15.7. The number of benzene rings is 2. The molecule has 0 atom stereocenters. The lowest BCUT2D eigenvalue weighted by atomic mass is 10.1. The van der Waals surface area contributed by atoms with Crippen molar-refractivity contribution in [2.24, 2.45) is 0 Å². The summed E-state index contributed by atoms with van der Waals surface area (Å²) in [6.45, 7) is 0.666. The molecule has 2 nitrogen and oxygen atoms in total. The number of anilines is 2. The maximum Gasteiger partial charge on any atom is 0.418 e. The molecule has 3 rings (SSSR count). The number of alkyl halides is 3. The third-order valence-electron chi connectivity index (χ3n) is 3.61. The van der Waals surface area contributed by atoms with Gasteiger partial charge in [-0.1, -0.05) is 30.3 Å². The Kier molecular flexibility index (Phi) is 3.78. The van der Waals surface area contributed by atoms with Gasteiger partial charge < -0.3 is 10.2 Å². The molecule has 2 aromatic carbocycles. The van der Waals surface area contributed by atoms with Gasteiger partial charge in [0.2, 0.25) is 0 Å². The number of nitrogens with one attached hydrogen (secondary N) is 1. The molecule has 0 aliphatic carbocycles. The average molecular weight is 322 g/mol. The standard InChI is InChI=1S/C16H13F3N2S/c17-16(18,19)12-6-2-3-7-13(12)20-15(22)21-10-9-11-5-1-4-8-14(11)21/h1-8H,9-10H2,(H,20,22). The van der Waals surface area contributed by atoms with E-state index < -0.39 is 11.7 Å². The summed E-state index contributed by atoms with van der Waals surface area (Å²) >= 11 is 5.30. The Morgan fingerprint density at radius 2 is 1.73 bits per heavy atom. The third kappa shape index (κ3) is 2.78. The van der Waals surface area contributed by atoms with Crippen LogP contribution in [0.15, 0.2) is 48.5 Å². The van der Waals surface area contributed by atoms with E-state index in [1.54, 1.807) is 6.07 Å². The van der Waals surface area contributed by atoms with Crippen LogP contribution in [0.2, 0.25) is 0 Å². The van der Waals surface area contributed by atoms with Gasteiger partial charge in [-0.05, 0) is 42.4 Å². The molecule has 0 saturated carbocycles. The van der Waals surface area contributed by atoms with Gasteiger partial charge in [-0.15, -0.1) is 0 Å². The van der Waals surface area contributed by atoms with E-state index in [-0.39, 0.29) is 10.8 Å². The Morgan fingerprint density at radius 1 is 1.05 bits per heavy atom. The summed E-state index contributed by atoms with van der Waals surface area (Å²) in [5, 5.41) is 3.02. The Hall–Kier alpha value is -2.08. The van der Waals surface area contributed by atoms with Gasteiger partial charge >= 0.3 is 6.18 Å². The highest BCUT2D eigenvalue weighted by molar-refractivity contribution is 7.80. The molecular formula is C16H13F3N2S. The highest BCUT2D eigenvalue weighted by Crippen LogP contribution is 2.35. The number of hydrogen-bond acceptors (Lipinski definition) is 1. The minimum Gasteiger partial charge on any atom is -0.332 e. The summed E-state index contributed by atoms with van der Waals surface area (Å²) in [5.41, 5.74) is 1.36. The van der Waals surface area contributed by atoms with Crippen molar-refractivity contribution in [3.63, 3.8) is 0 Å². The van der Waals surface area contributed by atoms with Gasteiger partial charge in [0, 0.05) is 12.2 Å². The third-order valence-corrected chi connectivity index (χ3v) is 3.93. The van der Waals surface area contributed by atoms with Crippen LogP contribution in [0.3, 0.4) is 0 Å². The van der Waals surface area contributed by atoms with Crippen molar-refractivity contribution in [3.05, 3.63) is 59.7 Å². The van der Waals surface area contributed by atoms with Crippen LogP contribution in [0.1, 0.15) is 11.1 Å². The first-order valence-corrected chi connectivity index (χ1v) is 7.20. The van der Waals surface area contributed by atoms with Crippen LogP contribution >= 0.6 is 12.2 Å². The molecule has 0 radical (unpaired) electrons. The normalized spacial score (nSPS) is 13.9. The molecule has 0 aromatic heterocycles. The fourth-order valence-electron chi connectivity index (χ4n) is 2.57. The number of rotatable bonds is 1. The molecule has 0 amide bonds. The Balaban J connectivity index is 1.85. The van der Waals surface area contributed by atoms with E-state index in [0.717, 1.165) is 23.7 Å². The lowest BCUT2D eigenvalue weighted by molar-refractivity contribution is -0.136. The second-order valence-electron chi connectivity index (χ2n) is 5.00. The van der Waals surface area contributed by atoms with Crippen LogP contribution in [-0.2, 0) is 12.6 Å². The van der Waals surface area contributed by atoms with Crippen molar-refractivity contribution < 1.29 is 13.2 Å². The number of hydrogen-bond donors (Lipinski definition) is 1. The maximum absolute atomic E-state index is 13.0. The summed E-state index contributed by atoms with van der Waals surface area (Å²) < 4.78 is 39.1. The van der Waals surface area contributed by atoms with Gasteiger partial charge in [0.1, 0.15) is 0 Å². The van der Waals surface area contributed by atoms with Crippen molar-refractivity contribution in [2.75, 3.05) is 16.8 Å². The molecule has 22 heavy (non-hydrogen) atoms. The van der Waals surface area contributed by atoms with Crippen molar-refractivity contribution in [1.82, 2.24) is 0 Å². The second kappa shape index (κ2) is 5.61. The molecule has 0 bridgehead atoms. The van der Waals surface area contributed by atoms with E-state index in [2.05, 4.69) is 5.32 Å². The van der Waals surface area contributed by atoms with Gasteiger partial charge in [-0.25, -0.2) is 0 Å². The van der Waals surface area contributed by atoms with Gasteiger partial charge in [0.05, 0.1) is 11.3 Å². The molecule has 0 spiro atoms. The minimum atomic E-state index is -4.41. The van der Waals surface area contributed by atoms with Gasteiger partial charge in [0.15, 0.2) is 5.11 Å². The van der Waals surface area contributed by atoms with Crippen molar-refractivity contribution >= 4 is 28.7 Å². The number of para-hydroxylation sites is 2. The van der Waals surface area contributed by atoms with Crippen molar-refractivity contribution in [3.8, 4) is 0 Å². The largest absolute Gasteiger partial charge is 0.418 e. The second-order valence-corrected chi connectivity index (χ2v) is 5.39. The summed E-state index contributed by atoms with van der Waals surface area (Å²) in [5.74, 6) is 0. The molecule has 1 aliphatic rings. The highest BCUT2D eigenvalue weighted by Gasteiger charge is 2.33. The molecular weight excluding hydrogens is 309 g/mol. The summed E-state index contributed by atoms with van der Waals surface area (Å²) in [6.07, 6.45) is -3.58. The van der Waals surface area contributed by atoms with E-state index in [1.165, 1.54) is 12.1 Å². The smallest absolute Gasteiger partial charge is 0.332 e. The van der Waals surface area contributed by atoms with E-state index in [9.17, 15) is 13.2 Å². The maximum atomic E-state index is 13.0. The molecule has 1 heterocycles. The molecule has 6 heteroatoms. The number of halogens is 3. The highest BCUT2D eigenvalue weighted by atomic mass is 32.1. The first-order chi connectivity index (χ1) is 10.5. The van der Waals surface area contributed by atoms with Crippen LogP contribution in [0.25, 0.3) is 0 Å². The van der Waals surface area contributed by atoms with Gasteiger partial charge in [-0.2, -0.15) is 13.2 Å². The Morgan fingerprint density at radius 3 is 2.50 bits per heavy atom. The van der Waals surface area contributed by atoms with Crippen molar-refractivity contribution in [2.45, 2.75) is 12.6 Å². The van der Waals surface area contributed by atoms with Gasteiger partial charge in [-0.3, -0.25) is 0 Å². The predicted octanol–water partition coefficient (Wildman–Crippen LogP) is 4.46. The first-order valence-electron chi connectivity index (χ1n) is 6.79. The number of nitrogens with zero attached hydrogens (tertiary/aromatic N) is 1. The van der Waals surface area contributed by atoms with Crippen LogP contribution in [0, 0.1) is 0 Å². The van der Waals surface area contributed by atoms with Crippen LogP contribution in [0.5, 0.6) is 0 Å². The molecule has 114 valence electrons. The number of fused-ring (bicyclic) bond motifs is 1. The molecule has 2 aromatic rings. The lowest BCUT2D eigenvalue weighted by Crippen LogP contribution is -2.33. The summed E-state index contributed by atoms with van der Waals surface area (Å²) in [7, 11) is 0. The fourth-order valence-corrected chi connectivity index (χ4v) is 2.87. The molecule has 0 saturated heterocycles. The quantitative estimate of drug-likeness (QED) is 0.780. The topological polar surface area (TPSA) is 15.3 Å². The average Bonchev–Trinajstić information content (AvgIpc) is 2.90. The SMILES string of the molecule is FC(F)(F)c1ccccc1NC(=S)N1CCc2ccccc21. The lowest BCUT2D eigenvalue weighted by Gasteiger charge is -2.23. The monoisotopic (exact) mass is 322 g/mol. The molecule has 1 aliphatic heterocycles. The summed E-state index contributed by atoms with van der Waals surface area (Å²) in [6, 6.07) is 13.1. The predicted molar refractivity (Wildman–Crippen MR) is 85.2 cm³/mol. The fraction of sp³-hybridized carbons (Fsp3) is 0.188. The van der Waals surface area contributed by atoms with Crippen LogP contribution in [-0.4, -0.2) is 11.7 Å². The number of thiocarbonyl (C=S) groups is 1.